The summed E-state index contributed by atoms with van der Waals surface area (Å²) in [5, 5.41) is 5.01. The van der Waals surface area contributed by atoms with Crippen LogP contribution in [0.2, 0.25) is 0 Å². The van der Waals surface area contributed by atoms with Gasteiger partial charge in [-0.15, -0.1) is 17.5 Å². The van der Waals surface area contributed by atoms with E-state index in [9.17, 15) is 0 Å². The first-order valence-electron chi connectivity index (χ1n) is 5.66. The number of ether oxygens (including phenoxy) is 1. The van der Waals surface area contributed by atoms with Crippen molar-refractivity contribution < 1.29 is 23.6 Å². The molecule has 18 heavy (non-hydrogen) atoms. The van der Waals surface area contributed by atoms with Crippen molar-refractivity contribution in [1.29, 1.82) is 0 Å². The molecule has 0 bridgehead atoms. The molecule has 0 saturated carbocycles. The van der Waals surface area contributed by atoms with Gasteiger partial charge >= 0.3 is 18.9 Å². The minimum atomic E-state index is 0. The Bertz CT molecular complexity index is 676. The second-order valence-corrected chi connectivity index (χ2v) is 4.12. The first kappa shape index (κ1) is 13.0. The zero-order chi connectivity index (χ0) is 11.7. The van der Waals surface area contributed by atoms with Crippen molar-refractivity contribution >= 4 is 21.5 Å². The van der Waals surface area contributed by atoms with Gasteiger partial charge < -0.3 is 4.74 Å². The molecule has 84 valence electrons. The Hall–Kier alpha value is -1.39. The fourth-order valence-corrected chi connectivity index (χ4v) is 2.22. The van der Waals surface area contributed by atoms with Crippen LogP contribution in [0.5, 0.6) is 0 Å². The zero-order valence-electron chi connectivity index (χ0n) is 10.7. The van der Waals surface area contributed by atoms with Crippen molar-refractivity contribution in [2.45, 2.75) is 0 Å². The summed E-state index contributed by atoms with van der Waals surface area (Å²) in [5.41, 5.74) is 1.12. The van der Waals surface area contributed by atoms with E-state index >= 15 is 0 Å². The van der Waals surface area contributed by atoms with Crippen molar-refractivity contribution in [3.05, 3.63) is 66.8 Å². The van der Waals surface area contributed by atoms with Crippen LogP contribution in [0.1, 0.15) is 5.56 Å². The van der Waals surface area contributed by atoms with E-state index in [1.165, 1.54) is 21.5 Å². The molecule has 0 aromatic heterocycles. The molecule has 3 aromatic rings. The van der Waals surface area contributed by atoms with Gasteiger partial charge in [-0.25, -0.2) is 0 Å². The Labute approximate surface area is 119 Å². The third-order valence-corrected chi connectivity index (χ3v) is 3.03. The van der Waals surface area contributed by atoms with Gasteiger partial charge in [0.05, 0.1) is 0 Å². The Morgan fingerprint density at radius 3 is 2.22 bits per heavy atom. The van der Waals surface area contributed by atoms with Gasteiger partial charge in [-0.3, -0.25) is 0 Å². The van der Waals surface area contributed by atoms with Crippen molar-refractivity contribution in [1.82, 2.24) is 0 Å². The van der Waals surface area contributed by atoms with Crippen molar-refractivity contribution in [2.75, 3.05) is 7.11 Å². The van der Waals surface area contributed by atoms with Gasteiger partial charge in [-0.05, 0) is 10.8 Å². The van der Waals surface area contributed by atoms with Crippen LogP contribution in [-0.2, 0) is 4.74 Å². The number of methoxy groups -OCH3 is 1. The number of benzene rings is 3. The quantitative estimate of drug-likeness (QED) is 0.363. The molecule has 3 aromatic carbocycles. The first-order chi connectivity index (χ1) is 8.38. The van der Waals surface area contributed by atoms with Crippen LogP contribution in [0.15, 0.2) is 54.6 Å². The average molecular weight is 228 g/mol. The summed E-state index contributed by atoms with van der Waals surface area (Å²) in [6, 6.07) is 19.1. The number of hydrogen-bond donors (Lipinski definition) is 0. The second-order valence-electron chi connectivity index (χ2n) is 4.12. The molecule has 0 fully saturated rings. The summed E-state index contributed by atoms with van der Waals surface area (Å²) >= 11 is 0. The van der Waals surface area contributed by atoms with Gasteiger partial charge in [-0.2, -0.15) is 11.6 Å². The summed E-state index contributed by atoms with van der Waals surface area (Å²) in [5.74, 6) is 0. The maximum atomic E-state index is 5.12. The van der Waals surface area contributed by atoms with Crippen LogP contribution in [-0.4, -0.2) is 7.11 Å². The molecule has 0 atom stereocenters. The number of rotatable bonds is 2. The molecule has 2 heteroatoms. The van der Waals surface area contributed by atoms with Gasteiger partial charge in [0.2, 0.25) is 0 Å². The molecular formula is C16H13LiO. The smallest absolute Gasteiger partial charge is 0.417 e. The predicted molar refractivity (Wildman–Crippen MR) is 71.9 cm³/mol. The third-order valence-electron chi connectivity index (χ3n) is 3.03. The van der Waals surface area contributed by atoms with E-state index in [2.05, 4.69) is 54.6 Å². The summed E-state index contributed by atoms with van der Waals surface area (Å²) < 4.78 is 5.12. The Morgan fingerprint density at radius 2 is 1.50 bits per heavy atom. The van der Waals surface area contributed by atoms with Gasteiger partial charge in [-0.1, -0.05) is 48.4 Å². The minimum absolute atomic E-state index is 0. The second kappa shape index (κ2) is 5.50. The van der Waals surface area contributed by atoms with Gasteiger partial charge in [0, 0.05) is 7.11 Å². The van der Waals surface area contributed by atoms with Gasteiger partial charge in [0.25, 0.3) is 0 Å². The fourth-order valence-electron chi connectivity index (χ4n) is 2.22. The molecule has 3 rings (SSSR count). The molecular weight excluding hydrogens is 215 g/mol. The fraction of sp³-hybridized carbons (Fsp3) is 0.0625. The SMILES string of the molecule is CO[CH-]c1cccc2cc3ccccc3cc12.[Li+]. The topological polar surface area (TPSA) is 9.23 Å². The van der Waals surface area contributed by atoms with E-state index in [0.29, 0.717) is 0 Å². The Morgan fingerprint density at radius 1 is 0.833 bits per heavy atom. The maximum absolute atomic E-state index is 5.12. The molecule has 0 aliphatic heterocycles. The number of hydrogen-bond acceptors (Lipinski definition) is 1. The maximum Gasteiger partial charge on any atom is 1.00 e. The van der Waals surface area contributed by atoms with Crippen LogP contribution in [0, 0.1) is 6.61 Å². The molecule has 0 amide bonds. The van der Waals surface area contributed by atoms with E-state index in [4.69, 9.17) is 4.74 Å². The van der Waals surface area contributed by atoms with Crippen LogP contribution < -0.4 is 18.9 Å². The summed E-state index contributed by atoms with van der Waals surface area (Å²) in [7, 11) is 1.68. The molecule has 0 N–H and O–H groups in total. The Balaban J connectivity index is 0.00000120. The molecule has 0 unspecified atom stereocenters. The molecule has 0 aliphatic carbocycles. The van der Waals surface area contributed by atoms with Crippen LogP contribution in [0.3, 0.4) is 0 Å². The van der Waals surface area contributed by atoms with Crippen molar-refractivity contribution in [3.8, 4) is 0 Å². The van der Waals surface area contributed by atoms with Crippen LogP contribution >= 0.6 is 0 Å². The van der Waals surface area contributed by atoms with Crippen LogP contribution in [0.4, 0.5) is 0 Å². The Kier molecular flexibility index (Phi) is 3.99. The monoisotopic (exact) mass is 228 g/mol. The standard InChI is InChI=1S/C16H13O.Li/c1-17-11-15-8-4-7-14-9-12-5-2-3-6-13(12)10-16(14)15;/h2-11H,1H3;/q-1;+1. The van der Waals surface area contributed by atoms with E-state index in [-0.39, 0.29) is 18.9 Å². The van der Waals surface area contributed by atoms with Crippen molar-refractivity contribution in [3.63, 3.8) is 0 Å². The van der Waals surface area contributed by atoms with E-state index in [1.54, 1.807) is 13.7 Å². The van der Waals surface area contributed by atoms with Crippen LogP contribution in [0.25, 0.3) is 21.5 Å². The predicted octanol–water partition coefficient (Wildman–Crippen LogP) is 1.15. The van der Waals surface area contributed by atoms with Gasteiger partial charge in [0.15, 0.2) is 0 Å². The summed E-state index contributed by atoms with van der Waals surface area (Å²) in [4.78, 5) is 0. The largest absolute Gasteiger partial charge is 1.00 e. The van der Waals surface area contributed by atoms with E-state index < -0.39 is 0 Å². The minimum Gasteiger partial charge on any atom is -0.417 e. The summed E-state index contributed by atoms with van der Waals surface area (Å²) in [6.07, 6.45) is 0. The summed E-state index contributed by atoms with van der Waals surface area (Å²) in [6.45, 7) is 1.79. The molecule has 0 aliphatic rings. The van der Waals surface area contributed by atoms with Gasteiger partial charge in [0.1, 0.15) is 0 Å². The van der Waals surface area contributed by atoms with E-state index in [1.807, 2.05) is 0 Å². The molecule has 0 heterocycles. The molecule has 0 saturated heterocycles. The van der Waals surface area contributed by atoms with E-state index in [0.717, 1.165) is 5.56 Å². The first-order valence-corrected chi connectivity index (χ1v) is 5.66. The molecule has 1 nitrogen and oxygen atoms in total. The zero-order valence-corrected chi connectivity index (χ0v) is 10.7. The average Bonchev–Trinajstić information content (AvgIpc) is 2.37. The van der Waals surface area contributed by atoms with Crippen molar-refractivity contribution in [2.24, 2.45) is 0 Å². The molecule has 0 radical (unpaired) electrons. The normalized spacial score (nSPS) is 10.3. The molecule has 0 spiro atoms. The number of fused-ring (bicyclic) bond motifs is 2. The third kappa shape index (κ3) is 2.26.